The molecular weight excluding hydrogens is 223 g/mol. The lowest BCUT2D eigenvalue weighted by Crippen LogP contribution is -2.09. The molecule has 0 aliphatic rings. The van der Waals surface area contributed by atoms with E-state index in [-0.39, 0.29) is 5.82 Å². The summed E-state index contributed by atoms with van der Waals surface area (Å²) >= 11 is 0. The van der Waals surface area contributed by atoms with Gasteiger partial charge in [-0.15, -0.1) is 0 Å². The Morgan fingerprint density at radius 1 is 1.35 bits per heavy atom. The van der Waals surface area contributed by atoms with Crippen LogP contribution in [-0.4, -0.2) is 10.9 Å². The van der Waals surface area contributed by atoms with Crippen LogP contribution in [0.5, 0.6) is 0 Å². The summed E-state index contributed by atoms with van der Waals surface area (Å²) in [4.78, 5) is 14.9. The highest BCUT2D eigenvalue weighted by atomic mass is 19.1. The number of hydrogen-bond acceptors (Lipinski definition) is 3. The maximum absolute atomic E-state index is 12.7. The van der Waals surface area contributed by atoms with Gasteiger partial charge < -0.3 is 9.73 Å². The highest BCUT2D eigenvalue weighted by molar-refractivity contribution is 6.01. The maximum Gasteiger partial charge on any atom is 0.249 e. The van der Waals surface area contributed by atoms with Crippen LogP contribution in [0.15, 0.2) is 47.1 Å². The summed E-state index contributed by atoms with van der Waals surface area (Å²) in [6, 6.07) is 7.60. The first-order chi connectivity index (χ1) is 8.24. The maximum atomic E-state index is 12.7. The van der Waals surface area contributed by atoms with Gasteiger partial charge in [-0.05, 0) is 30.3 Å². The second-order valence-corrected chi connectivity index (χ2v) is 3.18. The molecule has 0 aliphatic heterocycles. The Hall–Kier alpha value is -2.43. The van der Waals surface area contributed by atoms with E-state index in [1.54, 1.807) is 12.1 Å². The van der Waals surface area contributed by atoms with Gasteiger partial charge in [0.1, 0.15) is 11.6 Å². The number of furan rings is 1. The molecule has 0 saturated heterocycles. The third-order valence-electron chi connectivity index (χ3n) is 1.91. The standard InChI is InChI=1S/C12H9FN2O2/c13-10-4-1-5-11(14-10)15-12(16)7-6-9-3-2-8-17-9/h1-8H,(H,14,15,16)/b7-6+. The molecule has 2 heterocycles. The summed E-state index contributed by atoms with van der Waals surface area (Å²) in [6.07, 6.45) is 4.30. The van der Waals surface area contributed by atoms with Gasteiger partial charge >= 0.3 is 0 Å². The van der Waals surface area contributed by atoms with Crippen molar-refractivity contribution in [1.82, 2.24) is 4.98 Å². The van der Waals surface area contributed by atoms with Crippen molar-refractivity contribution in [2.45, 2.75) is 0 Å². The zero-order valence-electron chi connectivity index (χ0n) is 8.76. The number of pyridine rings is 1. The summed E-state index contributed by atoms with van der Waals surface area (Å²) in [7, 11) is 0. The number of rotatable bonds is 3. The fraction of sp³-hybridized carbons (Fsp3) is 0. The van der Waals surface area contributed by atoms with E-state index >= 15 is 0 Å². The van der Waals surface area contributed by atoms with Crippen molar-refractivity contribution in [2.24, 2.45) is 0 Å². The Balaban J connectivity index is 1.98. The van der Waals surface area contributed by atoms with Gasteiger partial charge in [0.15, 0.2) is 0 Å². The number of anilines is 1. The molecule has 2 aromatic heterocycles. The summed E-state index contributed by atoms with van der Waals surface area (Å²) in [6.45, 7) is 0. The van der Waals surface area contributed by atoms with Gasteiger partial charge in [-0.25, -0.2) is 4.98 Å². The van der Waals surface area contributed by atoms with Gasteiger partial charge in [0.05, 0.1) is 6.26 Å². The summed E-state index contributed by atoms with van der Waals surface area (Å²) in [5.41, 5.74) is 0. The van der Waals surface area contributed by atoms with Crippen LogP contribution in [0.25, 0.3) is 6.08 Å². The zero-order chi connectivity index (χ0) is 12.1. The monoisotopic (exact) mass is 232 g/mol. The van der Waals surface area contributed by atoms with Crippen LogP contribution in [0.4, 0.5) is 10.2 Å². The number of amides is 1. The summed E-state index contributed by atoms with van der Waals surface area (Å²) in [5.74, 6) is -0.316. The lowest BCUT2D eigenvalue weighted by atomic mass is 10.4. The normalized spacial score (nSPS) is 10.6. The van der Waals surface area contributed by atoms with Gasteiger partial charge in [-0.3, -0.25) is 4.79 Å². The Morgan fingerprint density at radius 2 is 2.24 bits per heavy atom. The Bertz CT molecular complexity index is 535. The van der Waals surface area contributed by atoms with Crippen LogP contribution >= 0.6 is 0 Å². The molecule has 0 saturated carbocycles. The fourth-order valence-corrected chi connectivity index (χ4v) is 1.19. The molecule has 4 nitrogen and oxygen atoms in total. The van der Waals surface area contributed by atoms with E-state index in [1.165, 1.54) is 36.6 Å². The van der Waals surface area contributed by atoms with E-state index in [2.05, 4.69) is 10.3 Å². The molecule has 0 bridgehead atoms. The molecule has 0 unspecified atom stereocenters. The highest BCUT2D eigenvalue weighted by Crippen LogP contribution is 2.05. The number of nitrogens with zero attached hydrogens (tertiary/aromatic N) is 1. The number of halogens is 1. The summed E-state index contributed by atoms with van der Waals surface area (Å²) in [5, 5.41) is 2.43. The third-order valence-corrected chi connectivity index (χ3v) is 1.91. The van der Waals surface area contributed by atoms with Gasteiger partial charge in [0.25, 0.3) is 0 Å². The minimum absolute atomic E-state index is 0.166. The van der Waals surface area contributed by atoms with Gasteiger partial charge in [0.2, 0.25) is 11.9 Å². The molecule has 1 N–H and O–H groups in total. The van der Waals surface area contributed by atoms with E-state index in [4.69, 9.17) is 4.42 Å². The van der Waals surface area contributed by atoms with Crippen LogP contribution in [0, 0.1) is 5.95 Å². The fourth-order valence-electron chi connectivity index (χ4n) is 1.19. The second-order valence-electron chi connectivity index (χ2n) is 3.18. The van der Waals surface area contributed by atoms with E-state index in [0.717, 1.165) is 0 Å². The first-order valence-electron chi connectivity index (χ1n) is 4.89. The van der Waals surface area contributed by atoms with Crippen LogP contribution in [-0.2, 0) is 4.79 Å². The predicted octanol–water partition coefficient (Wildman–Crippen LogP) is 2.47. The minimum atomic E-state index is -0.641. The molecule has 2 rings (SSSR count). The number of nitrogens with one attached hydrogen (secondary N) is 1. The van der Waals surface area contributed by atoms with Crippen LogP contribution in [0.3, 0.4) is 0 Å². The molecule has 1 amide bonds. The molecule has 17 heavy (non-hydrogen) atoms. The van der Waals surface area contributed by atoms with Gasteiger partial charge in [-0.1, -0.05) is 6.07 Å². The lowest BCUT2D eigenvalue weighted by Gasteiger charge is -1.99. The average Bonchev–Trinajstić information content (AvgIpc) is 2.79. The van der Waals surface area contributed by atoms with Gasteiger partial charge in [-0.2, -0.15) is 4.39 Å². The largest absolute Gasteiger partial charge is 0.465 e. The molecule has 0 aliphatic carbocycles. The smallest absolute Gasteiger partial charge is 0.249 e. The molecule has 0 radical (unpaired) electrons. The van der Waals surface area contributed by atoms with E-state index in [1.807, 2.05) is 0 Å². The van der Waals surface area contributed by atoms with Gasteiger partial charge in [0, 0.05) is 6.08 Å². The lowest BCUT2D eigenvalue weighted by molar-refractivity contribution is -0.111. The van der Waals surface area contributed by atoms with Crippen LogP contribution in [0.1, 0.15) is 5.76 Å². The molecule has 0 fully saturated rings. The number of aromatic nitrogens is 1. The second kappa shape index (κ2) is 5.07. The first kappa shape index (κ1) is 11.1. The van der Waals surface area contributed by atoms with Crippen LogP contribution in [0.2, 0.25) is 0 Å². The van der Waals surface area contributed by atoms with E-state index in [0.29, 0.717) is 5.76 Å². The van der Waals surface area contributed by atoms with E-state index in [9.17, 15) is 9.18 Å². The topological polar surface area (TPSA) is 55.1 Å². The zero-order valence-corrected chi connectivity index (χ0v) is 8.76. The van der Waals surface area contributed by atoms with Crippen molar-refractivity contribution >= 4 is 17.8 Å². The third kappa shape index (κ3) is 3.27. The van der Waals surface area contributed by atoms with Crippen LogP contribution < -0.4 is 5.32 Å². The molecule has 86 valence electrons. The van der Waals surface area contributed by atoms with E-state index < -0.39 is 11.9 Å². The SMILES string of the molecule is O=C(/C=C/c1ccco1)Nc1cccc(F)n1. The van der Waals surface area contributed by atoms with Crippen molar-refractivity contribution in [3.63, 3.8) is 0 Å². The number of carbonyl (C=O) groups is 1. The molecule has 0 aromatic carbocycles. The number of carbonyl (C=O) groups excluding carboxylic acids is 1. The number of hydrogen-bond donors (Lipinski definition) is 1. The molecular formula is C12H9FN2O2. The summed E-state index contributed by atoms with van der Waals surface area (Å²) < 4.78 is 17.7. The highest BCUT2D eigenvalue weighted by Gasteiger charge is 2.00. The average molecular weight is 232 g/mol. The Labute approximate surface area is 96.8 Å². The minimum Gasteiger partial charge on any atom is -0.465 e. The molecule has 0 atom stereocenters. The van der Waals surface area contributed by atoms with Crippen molar-refractivity contribution in [3.8, 4) is 0 Å². The Kier molecular flexibility index (Phi) is 3.30. The van der Waals surface area contributed by atoms with Crippen molar-refractivity contribution in [1.29, 1.82) is 0 Å². The predicted molar refractivity (Wildman–Crippen MR) is 60.6 cm³/mol. The van der Waals surface area contributed by atoms with Crippen molar-refractivity contribution in [3.05, 3.63) is 54.4 Å². The quantitative estimate of drug-likeness (QED) is 0.653. The molecule has 2 aromatic rings. The molecule has 5 heteroatoms. The van der Waals surface area contributed by atoms with Crippen molar-refractivity contribution in [2.75, 3.05) is 5.32 Å². The first-order valence-corrected chi connectivity index (χ1v) is 4.89. The Morgan fingerprint density at radius 3 is 2.94 bits per heavy atom. The van der Waals surface area contributed by atoms with Crippen molar-refractivity contribution < 1.29 is 13.6 Å². The molecule has 0 spiro atoms.